The summed E-state index contributed by atoms with van der Waals surface area (Å²) in [6, 6.07) is 8.10. The Bertz CT molecular complexity index is 323. The number of hydrogen-bond donors (Lipinski definition) is 2. The quantitative estimate of drug-likeness (QED) is 0.630. The SMILES string of the molecule is CCN(CC)CCOc1ccc(CNCCO)cc1. The van der Waals surface area contributed by atoms with Crippen LogP contribution in [0.1, 0.15) is 19.4 Å². The van der Waals surface area contributed by atoms with Crippen LogP contribution in [0.15, 0.2) is 24.3 Å². The Labute approximate surface area is 116 Å². The highest BCUT2D eigenvalue weighted by molar-refractivity contribution is 5.27. The zero-order valence-electron chi connectivity index (χ0n) is 12.1. The second-order valence-corrected chi connectivity index (χ2v) is 4.42. The average Bonchev–Trinajstić information content (AvgIpc) is 2.45. The van der Waals surface area contributed by atoms with Gasteiger partial charge >= 0.3 is 0 Å². The van der Waals surface area contributed by atoms with Gasteiger partial charge in [-0.2, -0.15) is 0 Å². The first kappa shape index (κ1) is 16.0. The number of hydrogen-bond acceptors (Lipinski definition) is 4. The molecule has 0 aliphatic rings. The van der Waals surface area contributed by atoms with Crippen LogP contribution in [0.4, 0.5) is 0 Å². The van der Waals surface area contributed by atoms with E-state index in [2.05, 4.69) is 36.2 Å². The second-order valence-electron chi connectivity index (χ2n) is 4.42. The summed E-state index contributed by atoms with van der Waals surface area (Å²) in [4.78, 5) is 2.34. The van der Waals surface area contributed by atoms with E-state index in [4.69, 9.17) is 9.84 Å². The monoisotopic (exact) mass is 266 g/mol. The number of aliphatic hydroxyl groups is 1. The van der Waals surface area contributed by atoms with E-state index >= 15 is 0 Å². The fourth-order valence-corrected chi connectivity index (χ4v) is 1.85. The Kier molecular flexibility index (Phi) is 8.21. The summed E-state index contributed by atoms with van der Waals surface area (Å²) >= 11 is 0. The van der Waals surface area contributed by atoms with Crippen LogP contribution in [0.3, 0.4) is 0 Å². The summed E-state index contributed by atoms with van der Waals surface area (Å²) in [5, 5.41) is 11.8. The van der Waals surface area contributed by atoms with E-state index in [1.54, 1.807) is 0 Å². The predicted octanol–water partition coefficient (Wildman–Crippen LogP) is 1.49. The minimum atomic E-state index is 0.173. The lowest BCUT2D eigenvalue weighted by Gasteiger charge is -2.18. The van der Waals surface area contributed by atoms with Crippen LogP contribution < -0.4 is 10.1 Å². The summed E-state index contributed by atoms with van der Waals surface area (Å²) < 4.78 is 5.72. The van der Waals surface area contributed by atoms with Crippen molar-refractivity contribution >= 4 is 0 Å². The maximum absolute atomic E-state index is 8.68. The van der Waals surface area contributed by atoms with E-state index in [-0.39, 0.29) is 6.61 Å². The summed E-state index contributed by atoms with van der Waals surface area (Å²) in [6.45, 7) is 9.73. The molecule has 0 aromatic heterocycles. The molecule has 0 saturated carbocycles. The molecular formula is C15H26N2O2. The molecule has 0 saturated heterocycles. The van der Waals surface area contributed by atoms with Gasteiger partial charge in [-0.15, -0.1) is 0 Å². The number of aliphatic hydroxyl groups excluding tert-OH is 1. The molecular weight excluding hydrogens is 240 g/mol. The molecule has 19 heavy (non-hydrogen) atoms. The van der Waals surface area contributed by atoms with E-state index in [1.165, 1.54) is 5.56 Å². The summed E-state index contributed by atoms with van der Waals surface area (Å²) in [5.74, 6) is 0.915. The zero-order chi connectivity index (χ0) is 13.9. The Balaban J connectivity index is 2.27. The highest BCUT2D eigenvalue weighted by atomic mass is 16.5. The van der Waals surface area contributed by atoms with Crippen LogP contribution >= 0.6 is 0 Å². The molecule has 1 aromatic carbocycles. The number of likely N-dealkylation sites (N-methyl/N-ethyl adjacent to an activating group) is 1. The predicted molar refractivity (Wildman–Crippen MR) is 78.5 cm³/mol. The van der Waals surface area contributed by atoms with Crippen LogP contribution in [0.25, 0.3) is 0 Å². The molecule has 0 spiro atoms. The Morgan fingerprint density at radius 2 is 1.84 bits per heavy atom. The summed E-state index contributed by atoms with van der Waals surface area (Å²) in [7, 11) is 0. The van der Waals surface area contributed by atoms with Crippen LogP contribution in [-0.2, 0) is 6.54 Å². The first-order chi connectivity index (χ1) is 9.30. The fraction of sp³-hybridized carbons (Fsp3) is 0.600. The number of rotatable bonds is 10. The van der Waals surface area contributed by atoms with Crippen molar-refractivity contribution in [1.29, 1.82) is 0 Å². The highest BCUT2D eigenvalue weighted by Gasteiger charge is 2.00. The lowest BCUT2D eigenvalue weighted by Crippen LogP contribution is -2.27. The average molecular weight is 266 g/mol. The smallest absolute Gasteiger partial charge is 0.119 e. The van der Waals surface area contributed by atoms with Gasteiger partial charge in [0.1, 0.15) is 12.4 Å². The van der Waals surface area contributed by atoms with Crippen molar-refractivity contribution in [3.05, 3.63) is 29.8 Å². The minimum Gasteiger partial charge on any atom is -0.492 e. The fourth-order valence-electron chi connectivity index (χ4n) is 1.85. The standard InChI is InChI=1S/C15H26N2O2/c1-3-17(4-2)10-12-19-15-7-5-14(6-8-15)13-16-9-11-18/h5-8,16,18H,3-4,9-13H2,1-2H3. The maximum Gasteiger partial charge on any atom is 0.119 e. The third-order valence-electron chi connectivity index (χ3n) is 3.11. The topological polar surface area (TPSA) is 44.7 Å². The van der Waals surface area contributed by atoms with Crippen LogP contribution in [0, 0.1) is 0 Å². The van der Waals surface area contributed by atoms with Crippen molar-refractivity contribution in [2.75, 3.05) is 39.4 Å². The van der Waals surface area contributed by atoms with Crippen molar-refractivity contribution in [1.82, 2.24) is 10.2 Å². The molecule has 108 valence electrons. The molecule has 0 fully saturated rings. The van der Waals surface area contributed by atoms with Gasteiger partial charge < -0.3 is 20.1 Å². The largest absolute Gasteiger partial charge is 0.492 e. The van der Waals surface area contributed by atoms with Gasteiger partial charge in [0.05, 0.1) is 6.61 Å². The van der Waals surface area contributed by atoms with E-state index in [0.29, 0.717) is 6.54 Å². The van der Waals surface area contributed by atoms with Crippen molar-refractivity contribution in [3.8, 4) is 5.75 Å². The molecule has 0 bridgehead atoms. The first-order valence-corrected chi connectivity index (χ1v) is 7.05. The van der Waals surface area contributed by atoms with Crippen molar-refractivity contribution in [3.63, 3.8) is 0 Å². The van der Waals surface area contributed by atoms with Crippen molar-refractivity contribution in [2.45, 2.75) is 20.4 Å². The molecule has 0 unspecified atom stereocenters. The minimum absolute atomic E-state index is 0.173. The van der Waals surface area contributed by atoms with Gasteiger partial charge in [-0.25, -0.2) is 0 Å². The van der Waals surface area contributed by atoms with Gasteiger partial charge in [-0.3, -0.25) is 0 Å². The molecule has 0 aliphatic carbocycles. The number of nitrogens with one attached hydrogen (secondary N) is 1. The van der Waals surface area contributed by atoms with E-state index < -0.39 is 0 Å². The van der Waals surface area contributed by atoms with Gasteiger partial charge in [-0.05, 0) is 30.8 Å². The van der Waals surface area contributed by atoms with Crippen molar-refractivity contribution < 1.29 is 9.84 Å². The molecule has 1 rings (SSSR count). The van der Waals surface area contributed by atoms with Gasteiger partial charge in [0.25, 0.3) is 0 Å². The van der Waals surface area contributed by atoms with Gasteiger partial charge in [0.15, 0.2) is 0 Å². The van der Waals surface area contributed by atoms with Crippen LogP contribution in [0.2, 0.25) is 0 Å². The molecule has 4 nitrogen and oxygen atoms in total. The molecule has 4 heteroatoms. The van der Waals surface area contributed by atoms with Gasteiger partial charge in [0, 0.05) is 19.6 Å². The molecule has 2 N–H and O–H groups in total. The second kappa shape index (κ2) is 9.78. The van der Waals surface area contributed by atoms with E-state index in [9.17, 15) is 0 Å². The van der Waals surface area contributed by atoms with Gasteiger partial charge in [-0.1, -0.05) is 26.0 Å². The van der Waals surface area contributed by atoms with Crippen LogP contribution in [0.5, 0.6) is 5.75 Å². The van der Waals surface area contributed by atoms with Crippen molar-refractivity contribution in [2.24, 2.45) is 0 Å². The number of nitrogens with zero attached hydrogens (tertiary/aromatic N) is 1. The number of ether oxygens (including phenoxy) is 1. The third-order valence-corrected chi connectivity index (χ3v) is 3.11. The molecule has 0 aliphatic heterocycles. The van der Waals surface area contributed by atoms with E-state index in [1.807, 2.05) is 12.1 Å². The van der Waals surface area contributed by atoms with Gasteiger partial charge in [0.2, 0.25) is 0 Å². The Hall–Kier alpha value is -1.10. The third kappa shape index (κ3) is 6.57. The Morgan fingerprint density at radius 3 is 2.42 bits per heavy atom. The van der Waals surface area contributed by atoms with E-state index in [0.717, 1.165) is 38.5 Å². The molecule has 0 atom stereocenters. The molecule has 0 amide bonds. The lowest BCUT2D eigenvalue weighted by atomic mass is 10.2. The first-order valence-electron chi connectivity index (χ1n) is 7.05. The normalized spacial score (nSPS) is 10.9. The highest BCUT2D eigenvalue weighted by Crippen LogP contribution is 2.12. The number of benzene rings is 1. The molecule has 0 heterocycles. The lowest BCUT2D eigenvalue weighted by molar-refractivity contribution is 0.223. The zero-order valence-corrected chi connectivity index (χ0v) is 12.1. The van der Waals surface area contributed by atoms with Crippen LogP contribution in [-0.4, -0.2) is 49.4 Å². The molecule has 0 radical (unpaired) electrons. The summed E-state index contributed by atoms with van der Waals surface area (Å²) in [6.07, 6.45) is 0. The maximum atomic E-state index is 8.68. The molecule has 1 aromatic rings. The summed E-state index contributed by atoms with van der Waals surface area (Å²) in [5.41, 5.74) is 1.20. The Morgan fingerprint density at radius 1 is 1.16 bits per heavy atom.